The third-order valence-electron chi connectivity index (χ3n) is 0.623. The summed E-state index contributed by atoms with van der Waals surface area (Å²) < 4.78 is 0. The lowest BCUT2D eigenvalue weighted by atomic mass is 11.0. The fraction of sp³-hybridized carbons (Fsp3) is 0.500. The fourth-order valence-corrected chi connectivity index (χ4v) is 0.676. The SMILES string of the molecule is CN(CSC#N)C(=O)Cl. The van der Waals surface area contributed by atoms with Crippen molar-refractivity contribution in [1.29, 1.82) is 5.26 Å². The summed E-state index contributed by atoms with van der Waals surface area (Å²) in [4.78, 5) is 11.5. The fourth-order valence-electron chi connectivity index (χ4n) is 0.176. The second-order valence-corrected chi connectivity index (χ2v) is 2.37. The molecule has 0 radical (unpaired) electrons. The van der Waals surface area contributed by atoms with E-state index in [9.17, 15) is 4.79 Å². The van der Waals surface area contributed by atoms with E-state index in [2.05, 4.69) is 0 Å². The molecule has 0 bridgehead atoms. The highest BCUT2D eigenvalue weighted by atomic mass is 35.5. The maximum Gasteiger partial charge on any atom is 0.316 e. The lowest BCUT2D eigenvalue weighted by Crippen LogP contribution is -2.19. The Bertz CT molecular complexity index is 144. The van der Waals surface area contributed by atoms with Crippen molar-refractivity contribution < 1.29 is 4.79 Å². The minimum Gasteiger partial charge on any atom is -0.322 e. The van der Waals surface area contributed by atoms with Crippen LogP contribution in [0.25, 0.3) is 0 Å². The van der Waals surface area contributed by atoms with Gasteiger partial charge in [0.15, 0.2) is 0 Å². The van der Waals surface area contributed by atoms with Gasteiger partial charge in [0.1, 0.15) is 5.40 Å². The van der Waals surface area contributed by atoms with Crippen LogP contribution < -0.4 is 0 Å². The van der Waals surface area contributed by atoms with Crippen LogP contribution in [0.15, 0.2) is 0 Å². The van der Waals surface area contributed by atoms with Gasteiger partial charge in [-0.15, -0.1) is 0 Å². The highest BCUT2D eigenvalue weighted by Crippen LogP contribution is 2.01. The highest BCUT2D eigenvalue weighted by molar-refractivity contribution is 8.03. The number of nitrogens with zero attached hydrogens (tertiary/aromatic N) is 2. The van der Waals surface area contributed by atoms with Crippen LogP contribution in [0.4, 0.5) is 4.79 Å². The van der Waals surface area contributed by atoms with E-state index in [0.717, 1.165) is 11.8 Å². The van der Waals surface area contributed by atoms with Crippen LogP contribution in [0.2, 0.25) is 0 Å². The summed E-state index contributed by atoms with van der Waals surface area (Å²) >= 11 is 6.00. The van der Waals surface area contributed by atoms with E-state index in [0.29, 0.717) is 5.88 Å². The van der Waals surface area contributed by atoms with E-state index in [1.165, 1.54) is 11.9 Å². The van der Waals surface area contributed by atoms with Crippen LogP contribution in [0.5, 0.6) is 0 Å². The van der Waals surface area contributed by atoms with E-state index >= 15 is 0 Å². The zero-order chi connectivity index (χ0) is 7.28. The van der Waals surface area contributed by atoms with Gasteiger partial charge in [0.05, 0.1) is 5.88 Å². The molecule has 3 nitrogen and oxygen atoms in total. The molecule has 0 aromatic carbocycles. The maximum atomic E-state index is 10.2. The molecule has 0 heterocycles. The number of halogens is 1. The largest absolute Gasteiger partial charge is 0.322 e. The van der Waals surface area contributed by atoms with E-state index < -0.39 is 5.37 Å². The van der Waals surface area contributed by atoms with Gasteiger partial charge in [-0.3, -0.25) is 4.79 Å². The Hall–Kier alpha value is -0.400. The molecule has 0 aliphatic heterocycles. The van der Waals surface area contributed by atoms with Gasteiger partial charge in [0.2, 0.25) is 0 Å². The van der Waals surface area contributed by atoms with E-state index in [1.54, 1.807) is 0 Å². The van der Waals surface area contributed by atoms with Gasteiger partial charge in [0.25, 0.3) is 0 Å². The molecule has 0 aliphatic carbocycles. The maximum absolute atomic E-state index is 10.2. The van der Waals surface area contributed by atoms with Crippen molar-refractivity contribution in [2.75, 3.05) is 12.9 Å². The Balaban J connectivity index is 3.41. The molecule has 0 atom stereocenters. The van der Waals surface area contributed by atoms with Gasteiger partial charge in [-0.1, -0.05) is 0 Å². The van der Waals surface area contributed by atoms with E-state index in [1.807, 2.05) is 5.40 Å². The van der Waals surface area contributed by atoms with Crippen LogP contribution in [-0.4, -0.2) is 23.2 Å². The zero-order valence-corrected chi connectivity index (χ0v) is 6.37. The van der Waals surface area contributed by atoms with Gasteiger partial charge >= 0.3 is 5.37 Å². The first-order valence-electron chi connectivity index (χ1n) is 2.10. The molecule has 0 N–H and O–H groups in total. The molecule has 0 rings (SSSR count). The Morgan fingerprint density at radius 3 is 2.89 bits per heavy atom. The number of rotatable bonds is 2. The lowest BCUT2D eigenvalue weighted by molar-refractivity contribution is 0.238. The van der Waals surface area contributed by atoms with Crippen molar-refractivity contribution in [2.24, 2.45) is 0 Å². The predicted molar refractivity (Wildman–Crippen MR) is 37.1 cm³/mol. The van der Waals surface area contributed by atoms with Crippen molar-refractivity contribution >= 4 is 28.7 Å². The molecule has 5 heteroatoms. The molecule has 0 aliphatic rings. The Kier molecular flexibility index (Phi) is 4.28. The first-order valence-corrected chi connectivity index (χ1v) is 3.46. The van der Waals surface area contributed by atoms with Crippen molar-refractivity contribution in [3.8, 4) is 5.40 Å². The molecular weight excluding hydrogens is 160 g/mol. The van der Waals surface area contributed by atoms with Gasteiger partial charge in [-0.25, -0.2) is 0 Å². The van der Waals surface area contributed by atoms with E-state index in [4.69, 9.17) is 16.9 Å². The monoisotopic (exact) mass is 164 g/mol. The van der Waals surface area contributed by atoms with Gasteiger partial charge < -0.3 is 4.90 Å². The molecule has 9 heavy (non-hydrogen) atoms. The van der Waals surface area contributed by atoms with Gasteiger partial charge in [-0.2, -0.15) is 5.26 Å². The number of carbonyl (C=O) groups excluding carboxylic acids is 1. The van der Waals surface area contributed by atoms with Crippen LogP contribution in [0.3, 0.4) is 0 Å². The number of carbonyl (C=O) groups is 1. The number of nitriles is 1. The summed E-state index contributed by atoms with van der Waals surface area (Å²) in [5, 5.41) is 9.30. The first-order chi connectivity index (χ1) is 4.18. The minimum absolute atomic E-state index is 0.318. The summed E-state index contributed by atoms with van der Waals surface area (Å²) in [6.07, 6.45) is 0. The standard InChI is InChI=1S/C4H5ClN2OS/c1-7(4(5)8)3-9-2-6/h3H2,1H3. The average Bonchev–Trinajstić information content (AvgIpc) is 1.82. The van der Waals surface area contributed by atoms with E-state index in [-0.39, 0.29) is 0 Å². The molecule has 0 saturated carbocycles. The predicted octanol–water partition coefficient (Wildman–Crippen LogP) is 1.45. The quantitative estimate of drug-likeness (QED) is 0.269. The van der Waals surface area contributed by atoms with Crippen LogP contribution in [0, 0.1) is 10.7 Å². The minimum atomic E-state index is -0.544. The number of hydrogen-bond acceptors (Lipinski definition) is 3. The summed E-state index contributed by atoms with van der Waals surface area (Å²) in [5.74, 6) is 0.318. The molecule has 0 fully saturated rings. The number of thioether (sulfide) groups is 1. The molecule has 0 unspecified atom stereocenters. The van der Waals surface area contributed by atoms with Crippen molar-refractivity contribution in [2.45, 2.75) is 0 Å². The van der Waals surface area contributed by atoms with Gasteiger partial charge in [0, 0.05) is 7.05 Å². The molecule has 0 spiro atoms. The van der Waals surface area contributed by atoms with Gasteiger partial charge in [-0.05, 0) is 23.4 Å². The summed E-state index contributed by atoms with van der Waals surface area (Å²) in [5.41, 5.74) is 0. The number of thiocyanates is 1. The molecule has 1 amide bonds. The lowest BCUT2D eigenvalue weighted by Gasteiger charge is -2.07. The highest BCUT2D eigenvalue weighted by Gasteiger charge is 2.01. The molecule has 50 valence electrons. The van der Waals surface area contributed by atoms with Crippen LogP contribution >= 0.6 is 23.4 Å². The molecule has 0 aromatic rings. The Morgan fingerprint density at radius 2 is 2.56 bits per heavy atom. The third-order valence-corrected chi connectivity index (χ3v) is 1.56. The number of hydrogen-bond donors (Lipinski definition) is 0. The Labute approximate surface area is 62.6 Å². The van der Waals surface area contributed by atoms with Crippen LogP contribution in [0.1, 0.15) is 0 Å². The zero-order valence-electron chi connectivity index (χ0n) is 4.80. The number of amides is 1. The molecule has 0 aromatic heterocycles. The third kappa shape index (κ3) is 4.13. The molecule has 0 saturated heterocycles. The Morgan fingerprint density at radius 1 is 2.00 bits per heavy atom. The first kappa shape index (κ1) is 8.60. The average molecular weight is 165 g/mol. The van der Waals surface area contributed by atoms with Crippen LogP contribution in [-0.2, 0) is 0 Å². The summed E-state index contributed by atoms with van der Waals surface area (Å²) in [7, 11) is 1.53. The second-order valence-electron chi connectivity index (χ2n) is 1.32. The topological polar surface area (TPSA) is 44.1 Å². The van der Waals surface area contributed by atoms with Crippen molar-refractivity contribution in [3.05, 3.63) is 0 Å². The summed E-state index contributed by atoms with van der Waals surface area (Å²) in [6, 6.07) is 0. The van der Waals surface area contributed by atoms with Crippen molar-refractivity contribution in [1.82, 2.24) is 4.90 Å². The summed E-state index contributed by atoms with van der Waals surface area (Å²) in [6.45, 7) is 0. The van der Waals surface area contributed by atoms with Crippen molar-refractivity contribution in [3.63, 3.8) is 0 Å². The normalized spacial score (nSPS) is 8.11. The molecular formula is C4H5ClN2OS. The smallest absolute Gasteiger partial charge is 0.316 e. The second kappa shape index (κ2) is 4.48.